The monoisotopic (exact) mass is 507 g/mol. The number of halogens is 1. The summed E-state index contributed by atoms with van der Waals surface area (Å²) in [6.45, 7) is 3.69. The van der Waals surface area contributed by atoms with Gasteiger partial charge in [-0.25, -0.2) is 17.5 Å². The van der Waals surface area contributed by atoms with Crippen LogP contribution in [0.1, 0.15) is 12.0 Å². The fourth-order valence-electron chi connectivity index (χ4n) is 4.32. The molecule has 1 amide bonds. The number of amides is 1. The van der Waals surface area contributed by atoms with Crippen molar-refractivity contribution in [1.29, 1.82) is 0 Å². The molecular formula is C24H30FN3O6S. The van der Waals surface area contributed by atoms with E-state index in [9.17, 15) is 27.8 Å². The van der Waals surface area contributed by atoms with Gasteiger partial charge in [0.15, 0.2) is 0 Å². The number of benzene rings is 2. The van der Waals surface area contributed by atoms with Gasteiger partial charge in [0, 0.05) is 38.4 Å². The SMILES string of the molecule is Cc1ccc(S(=O)(=O)NC[C@@H]2O[C@@H](CC(=O)N3CCN(c4ccc(F)cc4)CC3)[C@H](O)[C@@H]2O)cc1. The molecule has 2 aromatic rings. The van der Waals surface area contributed by atoms with Gasteiger partial charge in [-0.05, 0) is 43.3 Å². The summed E-state index contributed by atoms with van der Waals surface area (Å²) in [5.74, 6) is -0.526. The second kappa shape index (κ2) is 10.6. The average Bonchev–Trinajstić information content (AvgIpc) is 3.11. The Morgan fingerprint density at radius 1 is 1.00 bits per heavy atom. The number of sulfonamides is 1. The van der Waals surface area contributed by atoms with E-state index < -0.39 is 34.4 Å². The highest BCUT2D eigenvalue weighted by Crippen LogP contribution is 2.25. The molecule has 2 aliphatic heterocycles. The minimum absolute atomic E-state index is 0.0858. The molecule has 0 bridgehead atoms. The lowest BCUT2D eigenvalue weighted by atomic mass is 10.0. The first-order valence-corrected chi connectivity index (χ1v) is 13.0. The standard InChI is InChI=1S/C24H30FN3O6S/c1-16-2-8-19(9-3-16)35(32,33)26-15-21-24(31)23(30)20(34-21)14-22(29)28-12-10-27(11-13-28)18-6-4-17(25)5-7-18/h2-9,20-21,23-24,26,30-31H,10-15H2,1H3/t20-,21-,23-,24+/m0/s1. The summed E-state index contributed by atoms with van der Waals surface area (Å²) in [7, 11) is -3.82. The molecule has 11 heteroatoms. The number of nitrogens with zero attached hydrogens (tertiary/aromatic N) is 2. The van der Waals surface area contributed by atoms with Crippen molar-refractivity contribution >= 4 is 21.6 Å². The molecule has 4 atom stereocenters. The van der Waals surface area contributed by atoms with Crippen LogP contribution in [0.25, 0.3) is 0 Å². The number of anilines is 1. The first-order valence-electron chi connectivity index (χ1n) is 11.5. The predicted molar refractivity (Wildman–Crippen MR) is 127 cm³/mol. The Morgan fingerprint density at radius 2 is 1.60 bits per heavy atom. The minimum Gasteiger partial charge on any atom is -0.388 e. The molecule has 0 saturated carbocycles. The van der Waals surface area contributed by atoms with E-state index in [0.717, 1.165) is 11.3 Å². The number of hydrogen-bond acceptors (Lipinski definition) is 7. The Bertz CT molecular complexity index is 1120. The zero-order valence-electron chi connectivity index (χ0n) is 19.4. The van der Waals surface area contributed by atoms with Crippen LogP contribution in [0, 0.1) is 12.7 Å². The van der Waals surface area contributed by atoms with Gasteiger partial charge in [-0.2, -0.15) is 0 Å². The minimum atomic E-state index is -3.82. The first kappa shape index (κ1) is 25.5. The summed E-state index contributed by atoms with van der Waals surface area (Å²) in [6.07, 6.45) is -4.70. The zero-order chi connectivity index (χ0) is 25.2. The number of aryl methyl sites for hydroxylation is 1. The number of nitrogens with one attached hydrogen (secondary N) is 1. The van der Waals surface area contributed by atoms with Gasteiger partial charge in [-0.3, -0.25) is 4.79 Å². The average molecular weight is 508 g/mol. The number of aliphatic hydroxyl groups excluding tert-OH is 2. The van der Waals surface area contributed by atoms with Gasteiger partial charge in [-0.1, -0.05) is 17.7 Å². The van der Waals surface area contributed by atoms with E-state index in [1.807, 2.05) is 6.92 Å². The van der Waals surface area contributed by atoms with E-state index in [2.05, 4.69) is 9.62 Å². The molecular weight excluding hydrogens is 477 g/mol. The van der Waals surface area contributed by atoms with E-state index in [0.29, 0.717) is 26.2 Å². The normalized spacial score (nSPS) is 25.1. The smallest absolute Gasteiger partial charge is 0.240 e. The molecule has 0 spiro atoms. The van der Waals surface area contributed by atoms with E-state index in [-0.39, 0.29) is 29.6 Å². The highest BCUT2D eigenvalue weighted by molar-refractivity contribution is 7.89. The molecule has 2 aliphatic rings. The molecule has 0 radical (unpaired) electrons. The molecule has 0 unspecified atom stereocenters. The van der Waals surface area contributed by atoms with Crippen molar-refractivity contribution in [2.45, 2.75) is 42.7 Å². The van der Waals surface area contributed by atoms with Gasteiger partial charge >= 0.3 is 0 Å². The Balaban J connectivity index is 1.28. The fourth-order valence-corrected chi connectivity index (χ4v) is 5.37. The lowest BCUT2D eigenvalue weighted by Crippen LogP contribution is -2.49. The molecule has 190 valence electrons. The van der Waals surface area contributed by atoms with Crippen LogP contribution in [0.4, 0.5) is 10.1 Å². The fraction of sp³-hybridized carbons (Fsp3) is 0.458. The third kappa shape index (κ3) is 5.99. The highest BCUT2D eigenvalue weighted by atomic mass is 32.2. The summed E-state index contributed by atoms with van der Waals surface area (Å²) in [6, 6.07) is 12.5. The molecule has 2 fully saturated rings. The molecule has 0 aromatic heterocycles. The summed E-state index contributed by atoms with van der Waals surface area (Å²) < 4.78 is 46.2. The molecule has 3 N–H and O–H groups in total. The largest absolute Gasteiger partial charge is 0.388 e. The topological polar surface area (TPSA) is 119 Å². The number of aliphatic hydroxyl groups is 2. The van der Waals surface area contributed by atoms with E-state index >= 15 is 0 Å². The van der Waals surface area contributed by atoms with E-state index in [4.69, 9.17) is 4.74 Å². The molecule has 0 aliphatic carbocycles. The van der Waals surface area contributed by atoms with Crippen molar-refractivity contribution < 1.29 is 32.6 Å². The Kier molecular flexibility index (Phi) is 7.72. The Labute approximate surface area is 204 Å². The second-order valence-electron chi connectivity index (χ2n) is 8.91. The van der Waals surface area contributed by atoms with Crippen LogP contribution in [0.3, 0.4) is 0 Å². The lowest BCUT2D eigenvalue weighted by Gasteiger charge is -2.36. The van der Waals surface area contributed by atoms with Crippen molar-refractivity contribution in [3.8, 4) is 0 Å². The number of piperazine rings is 1. The summed E-state index contributed by atoms with van der Waals surface area (Å²) in [4.78, 5) is 16.6. The van der Waals surface area contributed by atoms with Crippen LogP contribution in [0.15, 0.2) is 53.4 Å². The number of ether oxygens (including phenoxy) is 1. The van der Waals surface area contributed by atoms with Crippen molar-refractivity contribution in [1.82, 2.24) is 9.62 Å². The van der Waals surface area contributed by atoms with Crippen molar-refractivity contribution in [3.05, 3.63) is 59.9 Å². The molecule has 2 aromatic carbocycles. The van der Waals surface area contributed by atoms with Gasteiger partial charge in [0.1, 0.15) is 24.1 Å². The van der Waals surface area contributed by atoms with Gasteiger partial charge in [0.05, 0.1) is 17.4 Å². The Morgan fingerprint density at radius 3 is 2.23 bits per heavy atom. The summed E-state index contributed by atoms with van der Waals surface area (Å²) in [5, 5.41) is 20.8. The number of rotatable bonds is 7. The van der Waals surface area contributed by atoms with Crippen LogP contribution in [-0.2, 0) is 19.6 Å². The maximum Gasteiger partial charge on any atom is 0.240 e. The maximum atomic E-state index is 13.1. The number of hydrogen-bond donors (Lipinski definition) is 3. The highest BCUT2D eigenvalue weighted by Gasteiger charge is 2.44. The third-order valence-electron chi connectivity index (χ3n) is 6.47. The molecule has 35 heavy (non-hydrogen) atoms. The summed E-state index contributed by atoms with van der Waals surface area (Å²) in [5.41, 5.74) is 1.80. The van der Waals surface area contributed by atoms with Crippen molar-refractivity contribution in [3.63, 3.8) is 0 Å². The van der Waals surface area contributed by atoms with Crippen LogP contribution < -0.4 is 9.62 Å². The van der Waals surface area contributed by atoms with Crippen molar-refractivity contribution in [2.24, 2.45) is 0 Å². The molecule has 2 heterocycles. The van der Waals surface area contributed by atoms with Gasteiger partial charge in [0.2, 0.25) is 15.9 Å². The second-order valence-corrected chi connectivity index (χ2v) is 10.7. The van der Waals surface area contributed by atoms with E-state index in [1.54, 1.807) is 29.2 Å². The van der Waals surface area contributed by atoms with Crippen molar-refractivity contribution in [2.75, 3.05) is 37.6 Å². The third-order valence-corrected chi connectivity index (χ3v) is 7.91. The van der Waals surface area contributed by atoms with Gasteiger partial charge in [0.25, 0.3) is 0 Å². The van der Waals surface area contributed by atoms with Crippen LogP contribution in [0.2, 0.25) is 0 Å². The lowest BCUT2D eigenvalue weighted by molar-refractivity contribution is -0.135. The van der Waals surface area contributed by atoms with Gasteiger partial charge < -0.3 is 24.7 Å². The zero-order valence-corrected chi connectivity index (χ0v) is 20.2. The van der Waals surface area contributed by atoms with Crippen LogP contribution in [-0.4, -0.2) is 86.6 Å². The van der Waals surface area contributed by atoms with Crippen LogP contribution >= 0.6 is 0 Å². The molecule has 9 nitrogen and oxygen atoms in total. The molecule has 2 saturated heterocycles. The van der Waals surface area contributed by atoms with E-state index in [1.165, 1.54) is 24.3 Å². The quantitative estimate of drug-likeness (QED) is 0.503. The first-order chi connectivity index (χ1) is 16.6. The number of carbonyl (C=O) groups is 1. The maximum absolute atomic E-state index is 13.1. The Hall–Kier alpha value is -2.57. The van der Waals surface area contributed by atoms with Gasteiger partial charge in [-0.15, -0.1) is 0 Å². The number of carbonyl (C=O) groups excluding carboxylic acids is 1. The molecule has 4 rings (SSSR count). The summed E-state index contributed by atoms with van der Waals surface area (Å²) >= 11 is 0. The van der Waals surface area contributed by atoms with Crippen LogP contribution in [0.5, 0.6) is 0 Å². The predicted octanol–water partition coefficient (Wildman–Crippen LogP) is 0.641.